The van der Waals surface area contributed by atoms with Gasteiger partial charge in [0.25, 0.3) is 5.91 Å². The van der Waals surface area contributed by atoms with Gasteiger partial charge in [0, 0.05) is 28.2 Å². The number of nitrogens with zero attached hydrogens (tertiary/aromatic N) is 3. The fourth-order valence-electron chi connectivity index (χ4n) is 4.34. The van der Waals surface area contributed by atoms with E-state index in [1.807, 2.05) is 50.5 Å². The lowest BCUT2D eigenvalue weighted by Gasteiger charge is -2.23. The summed E-state index contributed by atoms with van der Waals surface area (Å²) in [6, 6.07) is 20.5. The van der Waals surface area contributed by atoms with E-state index in [0.29, 0.717) is 11.3 Å². The number of hydrazone groups is 1. The molecule has 4 aromatic rings. The monoisotopic (exact) mass is 546 g/mol. The lowest BCUT2D eigenvalue weighted by molar-refractivity contribution is 0.0955. The number of nitrogens with one attached hydrogen (secondary N) is 1. The van der Waals surface area contributed by atoms with E-state index in [4.69, 9.17) is 0 Å². The third-order valence-corrected chi connectivity index (χ3v) is 7.79. The van der Waals surface area contributed by atoms with E-state index < -0.39 is 10.0 Å². The molecular weight excluding hydrogens is 515 g/mol. The van der Waals surface area contributed by atoms with Gasteiger partial charge in [-0.25, -0.2) is 18.2 Å². The van der Waals surface area contributed by atoms with E-state index in [9.17, 15) is 17.6 Å². The molecule has 1 aromatic heterocycles. The van der Waals surface area contributed by atoms with Gasteiger partial charge in [0.05, 0.1) is 24.7 Å². The highest BCUT2D eigenvalue weighted by Crippen LogP contribution is 2.24. The minimum absolute atomic E-state index is 0.144. The van der Waals surface area contributed by atoms with Crippen LogP contribution in [0, 0.1) is 33.5 Å². The Labute approximate surface area is 228 Å². The maximum atomic E-state index is 13.3. The standard InChI is InChI=1S/C30H31FN4O3S/c1-20-6-13-29(16-21(20)2)34(39(5,37)38)19-24-7-9-25(10-8-24)30(36)33-32-18-26-17-22(3)35(23(26)4)28-14-11-27(31)12-15-28/h6-18H,19H2,1-5H3,(H,33,36)/b32-18+. The Bertz CT molecular complexity index is 1640. The topological polar surface area (TPSA) is 83.8 Å². The summed E-state index contributed by atoms with van der Waals surface area (Å²) in [6.45, 7) is 7.93. The van der Waals surface area contributed by atoms with Gasteiger partial charge in [-0.05, 0) is 99.0 Å². The van der Waals surface area contributed by atoms with Gasteiger partial charge in [0.15, 0.2) is 0 Å². The third kappa shape index (κ3) is 6.43. The molecule has 7 nitrogen and oxygen atoms in total. The number of benzene rings is 3. The molecule has 0 spiro atoms. The van der Waals surface area contributed by atoms with Crippen molar-refractivity contribution in [2.24, 2.45) is 5.10 Å². The molecule has 0 saturated carbocycles. The summed E-state index contributed by atoms with van der Waals surface area (Å²) in [7, 11) is -3.52. The molecule has 0 saturated heterocycles. The smallest absolute Gasteiger partial charge is 0.271 e. The first-order valence-corrected chi connectivity index (χ1v) is 14.2. The predicted octanol–water partition coefficient (Wildman–Crippen LogP) is 5.58. The van der Waals surface area contributed by atoms with Gasteiger partial charge in [0.2, 0.25) is 10.0 Å². The van der Waals surface area contributed by atoms with Crippen LogP contribution in [0.25, 0.3) is 5.69 Å². The predicted molar refractivity (Wildman–Crippen MR) is 154 cm³/mol. The van der Waals surface area contributed by atoms with Crippen LogP contribution in [0.3, 0.4) is 0 Å². The molecule has 202 valence electrons. The van der Waals surface area contributed by atoms with Crippen LogP contribution in [-0.2, 0) is 16.6 Å². The van der Waals surface area contributed by atoms with Crippen LogP contribution in [-0.4, -0.2) is 31.4 Å². The first kappa shape index (κ1) is 27.8. The van der Waals surface area contributed by atoms with Crippen molar-refractivity contribution in [2.45, 2.75) is 34.2 Å². The molecule has 0 atom stereocenters. The summed E-state index contributed by atoms with van der Waals surface area (Å²) < 4.78 is 41.7. The molecule has 39 heavy (non-hydrogen) atoms. The number of sulfonamides is 1. The number of aromatic nitrogens is 1. The molecule has 3 aromatic carbocycles. The zero-order chi connectivity index (χ0) is 28.3. The van der Waals surface area contributed by atoms with Crippen molar-refractivity contribution in [2.75, 3.05) is 10.6 Å². The van der Waals surface area contributed by atoms with Gasteiger partial charge >= 0.3 is 0 Å². The molecule has 0 aliphatic heterocycles. The summed E-state index contributed by atoms with van der Waals surface area (Å²) in [4.78, 5) is 12.7. The quantitative estimate of drug-likeness (QED) is 0.231. The number of aryl methyl sites for hydroxylation is 3. The van der Waals surface area contributed by atoms with Gasteiger partial charge < -0.3 is 4.57 Å². The van der Waals surface area contributed by atoms with E-state index in [-0.39, 0.29) is 18.3 Å². The highest BCUT2D eigenvalue weighted by molar-refractivity contribution is 7.92. The van der Waals surface area contributed by atoms with Crippen molar-refractivity contribution in [1.82, 2.24) is 9.99 Å². The molecule has 0 radical (unpaired) electrons. The number of rotatable bonds is 8. The van der Waals surface area contributed by atoms with Crippen LogP contribution in [0.4, 0.5) is 10.1 Å². The van der Waals surface area contributed by atoms with Gasteiger partial charge in [0.1, 0.15) is 5.82 Å². The first-order chi connectivity index (χ1) is 18.4. The minimum Gasteiger partial charge on any atom is -0.318 e. The number of halogens is 1. The van der Waals surface area contributed by atoms with E-state index in [2.05, 4.69) is 10.5 Å². The van der Waals surface area contributed by atoms with Crippen LogP contribution in [0.1, 0.15) is 44.0 Å². The number of hydrogen-bond donors (Lipinski definition) is 1. The maximum Gasteiger partial charge on any atom is 0.271 e. The Morgan fingerprint density at radius 2 is 1.62 bits per heavy atom. The van der Waals surface area contributed by atoms with E-state index in [0.717, 1.165) is 39.3 Å². The Morgan fingerprint density at radius 1 is 0.949 bits per heavy atom. The van der Waals surface area contributed by atoms with Crippen molar-refractivity contribution in [3.05, 3.63) is 118 Å². The van der Waals surface area contributed by atoms with Gasteiger partial charge in [-0.3, -0.25) is 9.10 Å². The van der Waals surface area contributed by atoms with E-state index in [1.165, 1.54) is 22.7 Å². The molecule has 0 bridgehead atoms. The number of carbonyl (C=O) groups excluding carboxylic acids is 1. The largest absolute Gasteiger partial charge is 0.318 e. The first-order valence-electron chi connectivity index (χ1n) is 12.4. The van der Waals surface area contributed by atoms with Crippen molar-refractivity contribution >= 4 is 27.8 Å². The van der Waals surface area contributed by atoms with Crippen molar-refractivity contribution in [3.8, 4) is 5.69 Å². The fourth-order valence-corrected chi connectivity index (χ4v) is 5.22. The molecule has 0 aliphatic carbocycles. The summed E-state index contributed by atoms with van der Waals surface area (Å²) >= 11 is 0. The van der Waals surface area contributed by atoms with Crippen molar-refractivity contribution in [1.29, 1.82) is 0 Å². The highest BCUT2D eigenvalue weighted by Gasteiger charge is 2.19. The van der Waals surface area contributed by atoms with Crippen molar-refractivity contribution in [3.63, 3.8) is 0 Å². The molecule has 0 unspecified atom stereocenters. The van der Waals surface area contributed by atoms with Crippen molar-refractivity contribution < 1.29 is 17.6 Å². The Hall–Kier alpha value is -4.24. The molecule has 1 amide bonds. The second kappa shape index (κ2) is 11.2. The number of carbonyl (C=O) groups is 1. The Kier molecular flexibility index (Phi) is 8.01. The fraction of sp³-hybridized carbons (Fsp3) is 0.200. The van der Waals surface area contributed by atoms with Gasteiger partial charge in [-0.2, -0.15) is 5.10 Å². The summed E-state index contributed by atoms with van der Waals surface area (Å²) in [5.41, 5.74) is 9.86. The van der Waals surface area contributed by atoms with E-state index >= 15 is 0 Å². The zero-order valence-corrected chi connectivity index (χ0v) is 23.4. The highest BCUT2D eigenvalue weighted by atomic mass is 32.2. The van der Waals surface area contributed by atoms with Crippen LogP contribution >= 0.6 is 0 Å². The molecule has 1 N–H and O–H groups in total. The Morgan fingerprint density at radius 3 is 2.23 bits per heavy atom. The van der Waals surface area contributed by atoms with Crippen LogP contribution < -0.4 is 9.73 Å². The van der Waals surface area contributed by atoms with Crippen LogP contribution in [0.5, 0.6) is 0 Å². The maximum absolute atomic E-state index is 13.3. The molecule has 4 rings (SSSR count). The van der Waals surface area contributed by atoms with Crippen LogP contribution in [0.15, 0.2) is 77.9 Å². The van der Waals surface area contributed by atoms with Crippen LogP contribution in [0.2, 0.25) is 0 Å². The molecular formula is C30H31FN4O3S. The molecule has 9 heteroatoms. The van der Waals surface area contributed by atoms with Gasteiger partial charge in [-0.1, -0.05) is 18.2 Å². The number of amides is 1. The average Bonchev–Trinajstić information content (AvgIpc) is 3.17. The Balaban J connectivity index is 1.44. The molecule has 0 aliphatic rings. The second-order valence-corrected chi connectivity index (χ2v) is 11.5. The molecule has 1 heterocycles. The summed E-state index contributed by atoms with van der Waals surface area (Å²) in [5.74, 6) is -0.688. The summed E-state index contributed by atoms with van der Waals surface area (Å²) in [6.07, 6.45) is 2.75. The zero-order valence-electron chi connectivity index (χ0n) is 22.6. The van der Waals surface area contributed by atoms with Gasteiger partial charge in [-0.15, -0.1) is 0 Å². The average molecular weight is 547 g/mol. The normalized spacial score (nSPS) is 11.6. The lowest BCUT2D eigenvalue weighted by atomic mass is 10.1. The number of anilines is 1. The number of hydrogen-bond acceptors (Lipinski definition) is 4. The minimum atomic E-state index is -3.52. The lowest BCUT2D eigenvalue weighted by Crippen LogP contribution is -2.29. The second-order valence-electron chi connectivity index (χ2n) is 9.57. The SMILES string of the molecule is Cc1ccc(N(Cc2ccc(C(=O)N/N=C/c3cc(C)n(-c4ccc(F)cc4)c3C)cc2)S(C)(=O)=O)cc1C. The van der Waals surface area contributed by atoms with E-state index in [1.54, 1.807) is 48.7 Å². The summed E-state index contributed by atoms with van der Waals surface area (Å²) in [5, 5.41) is 4.11. The molecule has 0 fully saturated rings. The third-order valence-electron chi connectivity index (χ3n) is 6.65.